The van der Waals surface area contributed by atoms with Gasteiger partial charge in [0.25, 0.3) is 0 Å². The number of hydrogen-bond donors (Lipinski definition) is 1. The molecular formula is C22H20N2O4. The maximum Gasteiger partial charge on any atom is 0.335 e. The number of carbonyl (C=O) groups is 1. The fraction of sp³-hybridized carbons (Fsp3) is 0.182. The predicted molar refractivity (Wildman–Crippen MR) is 105 cm³/mol. The van der Waals surface area contributed by atoms with Crippen LogP contribution in [0, 0.1) is 0 Å². The summed E-state index contributed by atoms with van der Waals surface area (Å²) in [6, 6.07) is 18.3. The summed E-state index contributed by atoms with van der Waals surface area (Å²) in [5, 5.41) is 9.25. The molecule has 0 bridgehead atoms. The molecule has 2 unspecified atom stereocenters. The van der Waals surface area contributed by atoms with Crippen molar-refractivity contribution in [3.8, 4) is 17.2 Å². The van der Waals surface area contributed by atoms with Crippen molar-refractivity contribution >= 4 is 11.7 Å². The SMILES string of the molecule is CC1CC(Oc2ccccc2Oc2cccnc2)N1c1cccc(C(=O)O)c1. The number of benzene rings is 2. The maximum atomic E-state index is 11.3. The molecule has 1 aliphatic heterocycles. The second-order valence-corrected chi connectivity index (χ2v) is 6.66. The third kappa shape index (κ3) is 3.62. The average Bonchev–Trinajstić information content (AvgIpc) is 2.70. The quantitative estimate of drug-likeness (QED) is 0.679. The van der Waals surface area contributed by atoms with Gasteiger partial charge in [0.1, 0.15) is 5.75 Å². The number of ether oxygens (including phenoxy) is 2. The lowest BCUT2D eigenvalue weighted by Crippen LogP contribution is -2.57. The third-order valence-corrected chi connectivity index (χ3v) is 4.69. The molecule has 1 saturated heterocycles. The van der Waals surface area contributed by atoms with Gasteiger partial charge in [-0.05, 0) is 49.4 Å². The molecule has 1 fully saturated rings. The number of pyridine rings is 1. The van der Waals surface area contributed by atoms with Gasteiger partial charge in [0, 0.05) is 24.3 Å². The lowest BCUT2D eigenvalue weighted by atomic mass is 10.00. The zero-order valence-corrected chi connectivity index (χ0v) is 15.4. The third-order valence-electron chi connectivity index (χ3n) is 4.69. The van der Waals surface area contributed by atoms with Crippen LogP contribution in [-0.2, 0) is 0 Å². The molecule has 0 radical (unpaired) electrons. The van der Waals surface area contributed by atoms with Crippen LogP contribution < -0.4 is 14.4 Å². The van der Waals surface area contributed by atoms with Gasteiger partial charge in [0.15, 0.2) is 17.7 Å². The standard InChI is InChI=1S/C22H20N2O4/c1-15-12-21(24(15)17-7-4-6-16(13-17)22(25)26)28-20-10-3-2-9-19(20)27-18-8-5-11-23-14-18/h2-11,13-15,21H,12H2,1H3,(H,25,26). The molecule has 0 amide bonds. The van der Waals surface area contributed by atoms with E-state index in [0.29, 0.717) is 17.2 Å². The van der Waals surface area contributed by atoms with E-state index in [1.54, 1.807) is 30.6 Å². The van der Waals surface area contributed by atoms with Crippen molar-refractivity contribution in [3.63, 3.8) is 0 Å². The largest absolute Gasteiger partial charge is 0.478 e. The van der Waals surface area contributed by atoms with Gasteiger partial charge in [-0.1, -0.05) is 18.2 Å². The smallest absolute Gasteiger partial charge is 0.335 e. The van der Waals surface area contributed by atoms with Crippen LogP contribution in [0.5, 0.6) is 17.2 Å². The van der Waals surface area contributed by atoms with Gasteiger partial charge in [0.2, 0.25) is 0 Å². The second kappa shape index (κ2) is 7.60. The summed E-state index contributed by atoms with van der Waals surface area (Å²) in [7, 11) is 0. The predicted octanol–water partition coefficient (Wildman–Crippen LogP) is 4.58. The molecule has 6 nitrogen and oxygen atoms in total. The fourth-order valence-electron chi connectivity index (χ4n) is 3.30. The van der Waals surface area contributed by atoms with E-state index in [2.05, 4.69) is 16.8 Å². The molecule has 3 aromatic rings. The van der Waals surface area contributed by atoms with Crippen LogP contribution in [0.15, 0.2) is 73.1 Å². The van der Waals surface area contributed by atoms with Gasteiger partial charge < -0.3 is 19.5 Å². The topological polar surface area (TPSA) is 71.9 Å². The Labute approximate surface area is 163 Å². The summed E-state index contributed by atoms with van der Waals surface area (Å²) < 4.78 is 12.1. The molecule has 1 N–H and O–H groups in total. The summed E-state index contributed by atoms with van der Waals surface area (Å²) >= 11 is 0. The summed E-state index contributed by atoms with van der Waals surface area (Å²) in [6.07, 6.45) is 3.97. The fourth-order valence-corrected chi connectivity index (χ4v) is 3.30. The molecule has 2 atom stereocenters. The van der Waals surface area contributed by atoms with Crippen molar-refractivity contribution in [1.29, 1.82) is 0 Å². The van der Waals surface area contributed by atoms with E-state index in [4.69, 9.17) is 9.47 Å². The van der Waals surface area contributed by atoms with Gasteiger partial charge in [-0.3, -0.25) is 4.98 Å². The van der Waals surface area contributed by atoms with Crippen molar-refractivity contribution in [3.05, 3.63) is 78.6 Å². The number of aromatic carboxylic acids is 1. The van der Waals surface area contributed by atoms with E-state index in [-0.39, 0.29) is 17.8 Å². The summed E-state index contributed by atoms with van der Waals surface area (Å²) in [5.74, 6) is 0.922. The normalized spacial score (nSPS) is 18.2. The van der Waals surface area contributed by atoms with Gasteiger partial charge in [0.05, 0.1) is 11.8 Å². The minimum Gasteiger partial charge on any atom is -0.478 e. The van der Waals surface area contributed by atoms with Gasteiger partial charge in [-0.25, -0.2) is 4.79 Å². The Kier molecular flexibility index (Phi) is 4.85. The maximum absolute atomic E-state index is 11.3. The van der Waals surface area contributed by atoms with Crippen LogP contribution in [-0.4, -0.2) is 28.3 Å². The summed E-state index contributed by atoms with van der Waals surface area (Å²) in [4.78, 5) is 17.4. The summed E-state index contributed by atoms with van der Waals surface area (Å²) in [6.45, 7) is 2.09. The van der Waals surface area contributed by atoms with Crippen LogP contribution in [0.4, 0.5) is 5.69 Å². The minimum absolute atomic E-state index is 0.197. The molecule has 6 heteroatoms. The molecule has 0 spiro atoms. The lowest BCUT2D eigenvalue weighted by Gasteiger charge is -2.48. The van der Waals surface area contributed by atoms with Gasteiger partial charge in [-0.2, -0.15) is 0 Å². The molecule has 2 aromatic carbocycles. The summed E-state index contributed by atoms with van der Waals surface area (Å²) in [5.41, 5.74) is 1.09. The van der Waals surface area contributed by atoms with Crippen molar-refractivity contribution in [2.45, 2.75) is 25.6 Å². The number of aromatic nitrogens is 1. The molecule has 1 aliphatic rings. The Morgan fingerprint density at radius 1 is 1.11 bits per heavy atom. The van der Waals surface area contributed by atoms with E-state index < -0.39 is 5.97 Å². The van der Waals surface area contributed by atoms with Crippen molar-refractivity contribution < 1.29 is 19.4 Å². The first-order valence-electron chi connectivity index (χ1n) is 9.07. The Morgan fingerprint density at radius 2 is 1.93 bits per heavy atom. The second-order valence-electron chi connectivity index (χ2n) is 6.66. The highest BCUT2D eigenvalue weighted by molar-refractivity contribution is 5.88. The Bertz CT molecular complexity index is 977. The van der Waals surface area contributed by atoms with E-state index in [1.807, 2.05) is 42.5 Å². The number of carboxylic acids is 1. The zero-order chi connectivity index (χ0) is 19.5. The van der Waals surface area contributed by atoms with Crippen molar-refractivity contribution in [2.75, 3.05) is 4.90 Å². The molecular weight excluding hydrogens is 356 g/mol. The van der Waals surface area contributed by atoms with Crippen LogP contribution >= 0.6 is 0 Å². The molecule has 0 saturated carbocycles. The van der Waals surface area contributed by atoms with Gasteiger partial charge >= 0.3 is 5.97 Å². The number of para-hydroxylation sites is 2. The van der Waals surface area contributed by atoms with E-state index in [9.17, 15) is 9.90 Å². The minimum atomic E-state index is -0.942. The number of anilines is 1. The van der Waals surface area contributed by atoms with Crippen LogP contribution in [0.1, 0.15) is 23.7 Å². The van der Waals surface area contributed by atoms with Crippen LogP contribution in [0.2, 0.25) is 0 Å². The molecule has 142 valence electrons. The first kappa shape index (κ1) is 17.9. The Hall–Kier alpha value is -3.54. The number of rotatable bonds is 6. The highest BCUT2D eigenvalue weighted by Gasteiger charge is 2.38. The first-order valence-corrected chi connectivity index (χ1v) is 9.07. The molecule has 4 rings (SSSR count). The van der Waals surface area contributed by atoms with Crippen molar-refractivity contribution in [1.82, 2.24) is 4.98 Å². The molecule has 2 heterocycles. The van der Waals surface area contributed by atoms with Gasteiger partial charge in [-0.15, -0.1) is 0 Å². The monoisotopic (exact) mass is 376 g/mol. The zero-order valence-electron chi connectivity index (χ0n) is 15.4. The van der Waals surface area contributed by atoms with E-state index in [0.717, 1.165) is 12.1 Å². The molecule has 0 aliphatic carbocycles. The van der Waals surface area contributed by atoms with Crippen LogP contribution in [0.25, 0.3) is 0 Å². The number of carboxylic acid groups (broad SMARTS) is 1. The highest BCUT2D eigenvalue weighted by atomic mass is 16.5. The van der Waals surface area contributed by atoms with E-state index >= 15 is 0 Å². The van der Waals surface area contributed by atoms with E-state index in [1.165, 1.54) is 0 Å². The lowest BCUT2D eigenvalue weighted by molar-refractivity contribution is 0.0696. The molecule has 28 heavy (non-hydrogen) atoms. The number of hydrogen-bond acceptors (Lipinski definition) is 5. The highest BCUT2D eigenvalue weighted by Crippen LogP contribution is 2.38. The van der Waals surface area contributed by atoms with Crippen molar-refractivity contribution in [2.24, 2.45) is 0 Å². The molecule has 1 aromatic heterocycles. The Balaban J connectivity index is 1.55. The number of nitrogens with zero attached hydrogens (tertiary/aromatic N) is 2. The Morgan fingerprint density at radius 3 is 2.64 bits per heavy atom. The van der Waals surface area contributed by atoms with Crippen LogP contribution in [0.3, 0.4) is 0 Å². The average molecular weight is 376 g/mol. The first-order chi connectivity index (χ1) is 13.6.